The van der Waals surface area contributed by atoms with E-state index in [4.69, 9.17) is 0 Å². The monoisotopic (exact) mass is 368 g/mol. The molecule has 0 saturated heterocycles. The number of nitrogens with one attached hydrogen (secondary N) is 2. The van der Waals surface area contributed by atoms with E-state index < -0.39 is 0 Å². The smallest absolute Gasteiger partial charge is 0.252 e. The topological polar surface area (TPSA) is 44.9 Å². The molecule has 3 aromatic carbocycles. The lowest BCUT2D eigenvalue weighted by Gasteiger charge is -2.08. The van der Waals surface area contributed by atoms with Crippen LogP contribution in [0.25, 0.3) is 22.0 Å². The molecule has 4 aromatic rings. The first-order valence-electron chi connectivity index (χ1n) is 9.67. The highest BCUT2D eigenvalue weighted by Crippen LogP contribution is 2.19. The van der Waals surface area contributed by atoms with Gasteiger partial charge in [-0.2, -0.15) is 0 Å². The van der Waals surface area contributed by atoms with E-state index in [1.165, 1.54) is 16.7 Å². The Labute approximate surface area is 165 Å². The Morgan fingerprint density at radius 3 is 2.39 bits per heavy atom. The van der Waals surface area contributed by atoms with Crippen LogP contribution in [-0.2, 0) is 13.0 Å². The van der Waals surface area contributed by atoms with Gasteiger partial charge >= 0.3 is 0 Å². The van der Waals surface area contributed by atoms with Gasteiger partial charge in [0, 0.05) is 12.1 Å². The molecular weight excluding hydrogens is 344 g/mol. The molecule has 0 aliphatic heterocycles. The van der Waals surface area contributed by atoms with Gasteiger partial charge in [-0.05, 0) is 53.6 Å². The van der Waals surface area contributed by atoms with Gasteiger partial charge in [0.1, 0.15) is 0 Å². The van der Waals surface area contributed by atoms with Crippen LogP contribution in [0.3, 0.4) is 0 Å². The maximum absolute atomic E-state index is 12.3. The third-order valence-corrected chi connectivity index (χ3v) is 5.13. The highest BCUT2D eigenvalue weighted by molar-refractivity contribution is 5.81. The van der Waals surface area contributed by atoms with Crippen molar-refractivity contribution in [3.63, 3.8) is 0 Å². The van der Waals surface area contributed by atoms with Crippen molar-refractivity contribution in [3.8, 4) is 11.1 Å². The molecular formula is C25H24N2O. The Kier molecular flexibility index (Phi) is 5.36. The van der Waals surface area contributed by atoms with Crippen LogP contribution in [0, 0.1) is 6.92 Å². The normalized spacial score (nSPS) is 11.0. The molecule has 0 spiro atoms. The Morgan fingerprint density at radius 2 is 1.61 bits per heavy atom. The molecule has 3 heteroatoms. The second-order valence-electron chi connectivity index (χ2n) is 7.15. The molecule has 0 aliphatic carbocycles. The van der Waals surface area contributed by atoms with Gasteiger partial charge in [-0.15, -0.1) is 0 Å². The number of fused-ring (bicyclic) bond motifs is 1. The van der Waals surface area contributed by atoms with E-state index >= 15 is 0 Å². The third-order valence-electron chi connectivity index (χ3n) is 5.13. The van der Waals surface area contributed by atoms with Crippen molar-refractivity contribution >= 4 is 10.9 Å². The summed E-state index contributed by atoms with van der Waals surface area (Å²) in [7, 11) is 0. The van der Waals surface area contributed by atoms with Gasteiger partial charge in [0.15, 0.2) is 0 Å². The van der Waals surface area contributed by atoms with Crippen LogP contribution in [0.4, 0.5) is 0 Å². The second kappa shape index (κ2) is 8.24. The van der Waals surface area contributed by atoms with Crippen molar-refractivity contribution < 1.29 is 0 Å². The molecule has 1 aromatic heterocycles. The molecule has 140 valence electrons. The van der Waals surface area contributed by atoms with Crippen molar-refractivity contribution in [2.75, 3.05) is 6.54 Å². The van der Waals surface area contributed by atoms with Crippen molar-refractivity contribution in [2.45, 2.75) is 19.9 Å². The molecule has 0 radical (unpaired) electrons. The van der Waals surface area contributed by atoms with Crippen LogP contribution in [0.5, 0.6) is 0 Å². The number of hydrogen-bond donors (Lipinski definition) is 2. The predicted molar refractivity (Wildman–Crippen MR) is 117 cm³/mol. The number of H-pyrrole nitrogens is 1. The van der Waals surface area contributed by atoms with E-state index in [1.807, 2.05) is 37.3 Å². The summed E-state index contributed by atoms with van der Waals surface area (Å²) in [5, 5.41) is 4.47. The van der Waals surface area contributed by atoms with Gasteiger partial charge in [-0.1, -0.05) is 72.8 Å². The molecule has 0 aliphatic rings. The largest absolute Gasteiger partial charge is 0.321 e. The molecule has 3 nitrogen and oxygen atoms in total. The number of rotatable bonds is 6. The number of pyridine rings is 1. The fraction of sp³-hybridized carbons (Fsp3) is 0.160. The van der Waals surface area contributed by atoms with Gasteiger partial charge in [0.05, 0.1) is 5.52 Å². The van der Waals surface area contributed by atoms with E-state index in [-0.39, 0.29) is 5.56 Å². The number of aromatic amines is 1. The second-order valence-corrected chi connectivity index (χ2v) is 7.15. The van der Waals surface area contributed by atoms with Crippen LogP contribution >= 0.6 is 0 Å². The minimum Gasteiger partial charge on any atom is -0.321 e. The number of para-hydroxylation sites is 1. The SMILES string of the molecule is Cc1cccc2cc(CNCCc3ccc(-c4ccccc4)cc3)c(=O)[nH]c12. The van der Waals surface area contributed by atoms with Gasteiger partial charge < -0.3 is 10.3 Å². The van der Waals surface area contributed by atoms with Crippen molar-refractivity contribution in [2.24, 2.45) is 0 Å². The first-order chi connectivity index (χ1) is 13.7. The average Bonchev–Trinajstić information content (AvgIpc) is 2.73. The molecule has 0 atom stereocenters. The lowest BCUT2D eigenvalue weighted by Crippen LogP contribution is -2.22. The summed E-state index contributed by atoms with van der Waals surface area (Å²) < 4.78 is 0. The van der Waals surface area contributed by atoms with Gasteiger partial charge in [-0.3, -0.25) is 4.79 Å². The van der Waals surface area contributed by atoms with E-state index in [0.29, 0.717) is 6.54 Å². The third kappa shape index (κ3) is 4.05. The molecule has 0 bridgehead atoms. The first-order valence-corrected chi connectivity index (χ1v) is 9.67. The lowest BCUT2D eigenvalue weighted by atomic mass is 10.0. The summed E-state index contributed by atoms with van der Waals surface area (Å²) in [6.07, 6.45) is 0.930. The molecule has 1 heterocycles. The molecule has 2 N–H and O–H groups in total. The van der Waals surface area contributed by atoms with Crippen molar-refractivity contribution in [3.05, 3.63) is 106 Å². The Balaban J connectivity index is 1.35. The average molecular weight is 368 g/mol. The van der Waals surface area contributed by atoms with Gasteiger partial charge in [-0.25, -0.2) is 0 Å². The van der Waals surface area contributed by atoms with E-state index in [9.17, 15) is 4.79 Å². The summed E-state index contributed by atoms with van der Waals surface area (Å²) in [6.45, 7) is 3.41. The van der Waals surface area contributed by atoms with E-state index in [0.717, 1.165) is 35.0 Å². The highest BCUT2D eigenvalue weighted by atomic mass is 16.1. The zero-order valence-corrected chi connectivity index (χ0v) is 16.0. The van der Waals surface area contributed by atoms with E-state index in [2.05, 4.69) is 58.8 Å². The number of aryl methyl sites for hydroxylation is 1. The van der Waals surface area contributed by atoms with Crippen LogP contribution in [0.2, 0.25) is 0 Å². The zero-order chi connectivity index (χ0) is 19.3. The first kappa shape index (κ1) is 18.2. The van der Waals surface area contributed by atoms with Gasteiger partial charge in [0.25, 0.3) is 5.56 Å². The summed E-state index contributed by atoms with van der Waals surface area (Å²) >= 11 is 0. The summed E-state index contributed by atoms with van der Waals surface area (Å²) in [5.74, 6) is 0. The summed E-state index contributed by atoms with van der Waals surface area (Å²) in [6, 6.07) is 27.1. The maximum Gasteiger partial charge on any atom is 0.252 e. The Morgan fingerprint density at radius 1 is 0.857 bits per heavy atom. The van der Waals surface area contributed by atoms with Crippen molar-refractivity contribution in [1.82, 2.24) is 10.3 Å². The number of hydrogen-bond acceptors (Lipinski definition) is 2. The summed E-state index contributed by atoms with van der Waals surface area (Å²) in [4.78, 5) is 15.3. The molecule has 0 unspecified atom stereocenters. The number of aromatic nitrogens is 1. The van der Waals surface area contributed by atoms with Gasteiger partial charge in [0.2, 0.25) is 0 Å². The van der Waals surface area contributed by atoms with E-state index in [1.54, 1.807) is 0 Å². The molecule has 0 amide bonds. The van der Waals surface area contributed by atoms with Crippen LogP contribution in [0.15, 0.2) is 83.7 Å². The summed E-state index contributed by atoms with van der Waals surface area (Å²) in [5.41, 5.74) is 6.53. The molecule has 28 heavy (non-hydrogen) atoms. The Bertz CT molecular complexity index is 1130. The minimum absolute atomic E-state index is 0.0125. The predicted octanol–water partition coefficient (Wildman–Crippen LogP) is 4.84. The quantitative estimate of drug-likeness (QED) is 0.479. The van der Waals surface area contributed by atoms with Crippen LogP contribution in [0.1, 0.15) is 16.7 Å². The molecule has 0 saturated carbocycles. The maximum atomic E-state index is 12.3. The number of benzene rings is 3. The molecule has 0 fully saturated rings. The fourth-order valence-electron chi connectivity index (χ4n) is 3.51. The van der Waals surface area contributed by atoms with Crippen molar-refractivity contribution in [1.29, 1.82) is 0 Å². The standard InChI is InChI=1S/C25H24N2O/c1-18-6-5-9-22-16-23(25(28)27-24(18)22)17-26-15-14-19-10-12-21(13-11-19)20-7-3-2-4-8-20/h2-13,16,26H,14-15,17H2,1H3,(H,27,28). The lowest BCUT2D eigenvalue weighted by molar-refractivity contribution is 0.683. The molecule has 4 rings (SSSR count). The van der Waals surface area contributed by atoms with Crippen LogP contribution in [-0.4, -0.2) is 11.5 Å². The fourth-order valence-corrected chi connectivity index (χ4v) is 3.51. The van der Waals surface area contributed by atoms with Crippen LogP contribution < -0.4 is 10.9 Å². The highest BCUT2D eigenvalue weighted by Gasteiger charge is 2.04. The minimum atomic E-state index is -0.0125. The zero-order valence-electron chi connectivity index (χ0n) is 16.0. The Hall–Kier alpha value is -3.17.